The van der Waals surface area contributed by atoms with E-state index in [0.29, 0.717) is 44.1 Å². The predicted molar refractivity (Wildman–Crippen MR) is 333 cm³/mol. The summed E-state index contributed by atoms with van der Waals surface area (Å²) >= 11 is 6.16. The van der Waals surface area contributed by atoms with E-state index in [0.717, 1.165) is 44.2 Å². The number of carbonyl (C=O) groups is 11. The Balaban J connectivity index is 1.24. The van der Waals surface area contributed by atoms with E-state index < -0.39 is 160 Å². The molecule has 0 aromatic heterocycles. The third-order valence-corrected chi connectivity index (χ3v) is 20.5. The van der Waals surface area contributed by atoms with Crippen LogP contribution in [-0.4, -0.2) is 214 Å². The Morgan fingerprint density at radius 2 is 1.22 bits per heavy atom. The van der Waals surface area contributed by atoms with Crippen LogP contribution in [0.1, 0.15) is 175 Å². The number of carbonyl (C=O) groups excluding carboxylic acids is 11. The Hall–Kier alpha value is -6.53. The van der Waals surface area contributed by atoms with Gasteiger partial charge < -0.3 is 55.6 Å². The van der Waals surface area contributed by atoms with E-state index in [1.165, 1.54) is 75.5 Å². The maximum Gasteiger partial charge on any atom is 0.417 e. The molecule has 22 nitrogen and oxygen atoms in total. The van der Waals surface area contributed by atoms with Gasteiger partial charge in [0, 0.05) is 60.3 Å². The lowest BCUT2D eigenvalue weighted by molar-refractivity contribution is -0.152. The highest BCUT2D eigenvalue weighted by Gasteiger charge is 2.51. The number of nitrogens with one attached hydrogen (secondary N) is 4. The van der Waals surface area contributed by atoms with Crippen molar-refractivity contribution in [1.82, 2.24) is 55.6 Å². The summed E-state index contributed by atoms with van der Waals surface area (Å²) in [7, 11) is 5.88. The van der Waals surface area contributed by atoms with Crippen LogP contribution in [0, 0.1) is 17.8 Å². The van der Waals surface area contributed by atoms with Crippen molar-refractivity contribution in [3.63, 3.8) is 0 Å². The molecule has 10 atom stereocenters. The van der Waals surface area contributed by atoms with Crippen molar-refractivity contribution in [3.8, 4) is 0 Å². The number of halogens is 4. The summed E-state index contributed by atoms with van der Waals surface area (Å²) in [6.07, 6.45) is 3.40. The molecule has 2 saturated carbocycles. The van der Waals surface area contributed by atoms with E-state index in [1.54, 1.807) is 27.7 Å². The average molecular weight is 1300 g/mol. The molecule has 11 amide bonds. The molecule has 0 radical (unpaired) electrons. The fourth-order valence-electron chi connectivity index (χ4n) is 14.5. The van der Waals surface area contributed by atoms with Gasteiger partial charge in [-0.25, -0.2) is 0 Å². The van der Waals surface area contributed by atoms with Gasteiger partial charge in [0.25, 0.3) is 0 Å². The van der Waals surface area contributed by atoms with Crippen molar-refractivity contribution in [1.29, 1.82) is 0 Å². The van der Waals surface area contributed by atoms with Crippen LogP contribution in [0.2, 0.25) is 5.02 Å². The van der Waals surface area contributed by atoms with Crippen LogP contribution in [0.25, 0.3) is 0 Å². The molecular weight excluding hydrogens is 1200 g/mol. The molecule has 2 aliphatic carbocycles. The second-order valence-electron chi connectivity index (χ2n) is 27.0. The van der Waals surface area contributed by atoms with Gasteiger partial charge in [0.15, 0.2) is 0 Å². The van der Waals surface area contributed by atoms with Crippen molar-refractivity contribution in [3.05, 3.63) is 34.3 Å². The van der Waals surface area contributed by atoms with Gasteiger partial charge in [-0.2, -0.15) is 13.2 Å². The predicted octanol–water partition coefficient (Wildman–Crippen LogP) is 5.20. The molecule has 4 saturated heterocycles. The highest BCUT2D eigenvalue weighted by molar-refractivity contribution is 6.31. The highest BCUT2D eigenvalue weighted by Crippen LogP contribution is 2.37. The molecule has 6 fully saturated rings. The molecule has 7 rings (SSSR count). The zero-order chi connectivity index (χ0) is 67.0. The van der Waals surface area contributed by atoms with Gasteiger partial charge in [-0.05, 0) is 120 Å². The first kappa shape index (κ1) is 71.9. The van der Waals surface area contributed by atoms with E-state index in [-0.39, 0.29) is 83.3 Å². The van der Waals surface area contributed by atoms with Crippen LogP contribution < -0.4 is 21.3 Å². The van der Waals surface area contributed by atoms with Crippen molar-refractivity contribution in [2.45, 2.75) is 236 Å². The van der Waals surface area contributed by atoms with Crippen LogP contribution >= 0.6 is 11.6 Å². The van der Waals surface area contributed by atoms with Crippen LogP contribution in [0.4, 0.5) is 13.2 Å². The summed E-state index contributed by atoms with van der Waals surface area (Å²) in [6, 6.07) is -6.57. The summed E-state index contributed by atoms with van der Waals surface area (Å²) in [5.74, 6) is -7.18. The van der Waals surface area contributed by atoms with E-state index >= 15 is 9.59 Å². The Labute approximate surface area is 538 Å². The third-order valence-electron chi connectivity index (χ3n) is 20.2. The number of hydrogen-bond acceptors (Lipinski definition) is 11. The van der Waals surface area contributed by atoms with Crippen LogP contribution in [0.3, 0.4) is 0 Å². The van der Waals surface area contributed by atoms with Gasteiger partial charge in [0.1, 0.15) is 53.9 Å². The van der Waals surface area contributed by atoms with Gasteiger partial charge in [0.05, 0.1) is 17.1 Å². The molecule has 4 N–H and O–H groups in total. The number of hydrogen-bond donors (Lipinski definition) is 4. The van der Waals surface area contributed by atoms with Crippen molar-refractivity contribution >= 4 is 76.6 Å². The summed E-state index contributed by atoms with van der Waals surface area (Å²) in [4.78, 5) is 171. The Morgan fingerprint density at radius 3 is 1.81 bits per heavy atom. The molecule has 0 bridgehead atoms. The van der Waals surface area contributed by atoms with E-state index in [1.807, 2.05) is 6.92 Å². The summed E-state index contributed by atoms with van der Waals surface area (Å²) in [6.45, 7) is 10.2. The molecule has 4 heterocycles. The standard InChI is InChI=1S/C65H97ClF3N11O11/c1-11-39(4)53-62(90)74(7)37-52(82)78-31-19-24-49(78)60(88)76(9)50(36-42-20-13-12-14-21-42)61(89)80-33-17-22-47(80)56(84)71-46(28-26-43-25-27-44(45(66)35-43)65(67,68)69)59(87)79-32-18-23-48(79)57(85)73-64(29-15-16-30-64)63(91)77(10)54(38(2)3)58(86)70-40(5)34-51(81)75(8)41(6)55(83)72-53/h25,27,35,38-42,46-50,53-54H,11-24,26,28-34,36-37H2,1-10H3,(H,70,86)(H,71,84)(H,72,83)(H,73,85)/t39-,40+,41-,46-,47+,48-,49-,50-,53-,54-/m0/s1. The minimum atomic E-state index is -4.74. The quantitative estimate of drug-likeness (QED) is 0.263. The Morgan fingerprint density at radius 1 is 0.626 bits per heavy atom. The van der Waals surface area contributed by atoms with Gasteiger partial charge in [0.2, 0.25) is 65.0 Å². The fraction of sp³-hybridized carbons (Fsp3) is 0.738. The van der Waals surface area contributed by atoms with Crippen LogP contribution in [0.15, 0.2) is 18.2 Å². The van der Waals surface area contributed by atoms with Gasteiger partial charge in [-0.1, -0.05) is 96.7 Å². The molecule has 1 spiro atoms. The molecule has 0 unspecified atom stereocenters. The molecule has 91 heavy (non-hydrogen) atoms. The number of amides is 11. The van der Waals surface area contributed by atoms with E-state index in [9.17, 15) is 56.3 Å². The smallest absolute Gasteiger partial charge is 0.351 e. The van der Waals surface area contributed by atoms with Gasteiger partial charge >= 0.3 is 6.18 Å². The first-order chi connectivity index (χ1) is 42.9. The lowest BCUT2D eigenvalue weighted by Gasteiger charge is -2.39. The first-order valence-electron chi connectivity index (χ1n) is 32.9. The number of fused-ring (bicyclic) bond motifs is 3. The number of alkyl halides is 3. The maximum atomic E-state index is 15.4. The van der Waals surface area contributed by atoms with Crippen molar-refractivity contribution in [2.75, 3.05) is 54.4 Å². The zero-order valence-corrected chi connectivity index (χ0v) is 55.5. The fourth-order valence-corrected chi connectivity index (χ4v) is 14.8. The third kappa shape index (κ3) is 16.8. The van der Waals surface area contributed by atoms with Gasteiger partial charge in [-0.15, -0.1) is 0 Å². The lowest BCUT2D eigenvalue weighted by atomic mass is 9.84. The number of likely N-dealkylation sites (N-methyl/N-ethyl adjacent to an activating group) is 4. The summed E-state index contributed by atoms with van der Waals surface area (Å²) in [5.41, 5.74) is -2.21. The normalized spacial score (nSPS) is 28.9. The topological polar surface area (TPSA) is 259 Å². The molecule has 4 aliphatic heterocycles. The summed E-state index contributed by atoms with van der Waals surface area (Å²) in [5, 5.41) is 11.1. The molecule has 1 aromatic carbocycles. The Kier molecular flexibility index (Phi) is 24.4. The maximum absolute atomic E-state index is 15.4. The highest BCUT2D eigenvalue weighted by atomic mass is 35.5. The largest absolute Gasteiger partial charge is 0.417 e. The number of rotatable bonds is 8. The monoisotopic (exact) mass is 1300 g/mol. The molecular formula is C65H97ClF3N11O11. The van der Waals surface area contributed by atoms with Crippen molar-refractivity contribution in [2.24, 2.45) is 17.8 Å². The SMILES string of the molecule is CC[C@H](C)[C@@H]1NC(=O)[C@H](C)N(C)C(=O)C[C@@H](C)NC(=O)[C@H](C(C)C)N(C)C(=O)C2(CCCC2)NC(=O)[C@@H]2CCCN2C(=O)[C@H](CCc2ccc(C(F)(F)F)c(Cl)c2)NC(=O)[C@H]2CCCN2C(=O)[C@H](CC2CCCCC2)N(C)C(=O)[C@@H]2CCCN2C(=O)CN(C)C1=O. The minimum Gasteiger partial charge on any atom is -0.351 e. The van der Waals surface area contributed by atoms with Crippen molar-refractivity contribution < 1.29 is 65.9 Å². The summed E-state index contributed by atoms with van der Waals surface area (Å²) < 4.78 is 41.5. The second kappa shape index (κ2) is 30.9. The zero-order valence-electron chi connectivity index (χ0n) is 54.8. The molecule has 26 heteroatoms. The first-order valence-corrected chi connectivity index (χ1v) is 33.3. The number of nitrogens with zero attached hydrogens (tertiary/aromatic N) is 7. The number of aryl methyl sites for hydroxylation is 1. The average Bonchev–Trinajstić information content (AvgIpc) is 1.91. The van der Waals surface area contributed by atoms with E-state index in [2.05, 4.69) is 21.3 Å². The second-order valence-corrected chi connectivity index (χ2v) is 27.4. The van der Waals surface area contributed by atoms with Crippen LogP contribution in [-0.2, 0) is 65.3 Å². The van der Waals surface area contributed by atoms with E-state index in [4.69, 9.17) is 11.6 Å². The minimum absolute atomic E-state index is 0.0487. The van der Waals surface area contributed by atoms with Gasteiger partial charge in [-0.3, -0.25) is 52.7 Å². The molecule has 6 aliphatic rings. The Bertz CT molecular complexity index is 2870. The number of benzene rings is 1. The lowest BCUT2D eigenvalue weighted by Crippen LogP contribution is -2.64. The molecule has 506 valence electrons. The van der Waals surface area contributed by atoms with Crippen LogP contribution in [0.5, 0.6) is 0 Å². The molecule has 1 aromatic rings.